The van der Waals surface area contributed by atoms with Gasteiger partial charge in [-0.25, -0.2) is 4.79 Å². The van der Waals surface area contributed by atoms with Crippen LogP contribution in [0.4, 0.5) is 31.1 Å². The third-order valence-corrected chi connectivity index (χ3v) is 6.70. The molecular weight excluding hydrogens is 526 g/mol. The van der Waals surface area contributed by atoms with E-state index in [-0.39, 0.29) is 25.3 Å². The van der Waals surface area contributed by atoms with Crippen LogP contribution >= 0.6 is 11.6 Å². The number of carbonyl (C=O) groups is 2. The number of allylic oxidation sites excluding steroid dienone is 5. The van der Waals surface area contributed by atoms with Gasteiger partial charge >= 0.3 is 18.4 Å². The zero-order valence-electron chi connectivity index (χ0n) is 20.6. The van der Waals surface area contributed by atoms with E-state index in [1.54, 1.807) is 26.0 Å². The summed E-state index contributed by atoms with van der Waals surface area (Å²) in [5.74, 6) is -1.70. The van der Waals surface area contributed by atoms with Crippen molar-refractivity contribution >= 4 is 23.6 Å². The van der Waals surface area contributed by atoms with Crippen molar-refractivity contribution in [3.05, 3.63) is 46.7 Å². The maximum Gasteiger partial charge on any atom is 0.416 e. The summed E-state index contributed by atoms with van der Waals surface area (Å²) in [5.41, 5.74) is -1.66. The minimum atomic E-state index is -4.97. The number of carbonyl (C=O) groups excluding carboxylic acids is 2. The molecule has 12 heteroatoms. The molecule has 206 valence electrons. The lowest BCUT2D eigenvalue weighted by atomic mass is 9.87. The summed E-state index contributed by atoms with van der Waals surface area (Å²) in [4.78, 5) is 28.3. The lowest BCUT2D eigenvalue weighted by Gasteiger charge is -2.37. The molecule has 0 aromatic carbocycles. The summed E-state index contributed by atoms with van der Waals surface area (Å²) in [6.45, 7) is 4.53. The molecule has 1 heterocycles. The number of nitrogens with zero attached hydrogens (tertiary/aromatic N) is 2. The zero-order chi connectivity index (χ0) is 27.7. The molecule has 1 aliphatic heterocycles. The molecular formula is C25H29ClF6N2O3. The smallest absolute Gasteiger partial charge is 0.416 e. The van der Waals surface area contributed by atoms with Gasteiger partial charge in [-0.15, -0.1) is 11.6 Å². The van der Waals surface area contributed by atoms with Crippen LogP contribution in [0.25, 0.3) is 0 Å². The van der Waals surface area contributed by atoms with E-state index < -0.39 is 59.3 Å². The Balaban J connectivity index is 1.95. The second-order valence-corrected chi connectivity index (χ2v) is 10.2. The van der Waals surface area contributed by atoms with Gasteiger partial charge in [0.15, 0.2) is 0 Å². The molecule has 3 unspecified atom stereocenters. The van der Waals surface area contributed by atoms with Crippen LogP contribution in [0.2, 0.25) is 0 Å². The summed E-state index contributed by atoms with van der Waals surface area (Å²) in [6, 6.07) is -0.659. The highest BCUT2D eigenvalue weighted by Gasteiger charge is 2.43. The SMILES string of the molecule is CC(=O)N(CC1C=C(C(F)(F)F)C=C(C(F)(F)F)C1)C1CCCN(C(=O)OC(C)C)C2=CC(Cl)CC=C21. The summed E-state index contributed by atoms with van der Waals surface area (Å²) in [7, 11) is 0. The lowest BCUT2D eigenvalue weighted by Crippen LogP contribution is -2.44. The topological polar surface area (TPSA) is 49.9 Å². The normalized spacial score (nSPS) is 24.8. The Labute approximate surface area is 216 Å². The molecule has 2 aliphatic carbocycles. The number of halogens is 7. The standard InChI is InChI=1S/C25H29ClF6N2O3/c1-14(2)37-23(36)33-8-4-5-21(20-7-6-19(26)12-22(20)33)34(15(3)35)13-16-9-17(24(27,28)29)11-18(10-16)25(30,31)32/h7,9,11-12,14,16,19,21H,4-6,8,10,13H2,1-3H3. The van der Waals surface area contributed by atoms with Crippen LogP contribution in [0.5, 0.6) is 0 Å². The van der Waals surface area contributed by atoms with Gasteiger partial charge in [0.05, 0.1) is 23.1 Å². The van der Waals surface area contributed by atoms with Crippen molar-refractivity contribution in [2.45, 2.75) is 76.3 Å². The highest BCUT2D eigenvalue weighted by Crippen LogP contribution is 2.41. The van der Waals surface area contributed by atoms with Gasteiger partial charge in [0.2, 0.25) is 5.91 Å². The van der Waals surface area contributed by atoms with Gasteiger partial charge in [-0.1, -0.05) is 12.2 Å². The molecule has 3 atom stereocenters. The molecule has 1 saturated heterocycles. The predicted molar refractivity (Wildman–Crippen MR) is 126 cm³/mol. The van der Waals surface area contributed by atoms with Crippen LogP contribution in [0.3, 0.4) is 0 Å². The molecule has 2 amide bonds. The molecule has 1 fully saturated rings. The number of ether oxygens (including phenoxy) is 1. The summed E-state index contributed by atoms with van der Waals surface area (Å²) >= 11 is 6.32. The fourth-order valence-electron chi connectivity index (χ4n) is 4.84. The van der Waals surface area contributed by atoms with Crippen molar-refractivity contribution in [2.24, 2.45) is 5.92 Å². The fraction of sp³-hybridized carbons (Fsp3) is 0.600. The number of hydrogen-bond donors (Lipinski definition) is 0. The predicted octanol–water partition coefficient (Wildman–Crippen LogP) is 6.66. The number of alkyl halides is 7. The second kappa shape index (κ2) is 11.1. The van der Waals surface area contributed by atoms with E-state index in [1.165, 1.54) is 16.7 Å². The minimum absolute atomic E-state index is 0.129. The first-order valence-electron chi connectivity index (χ1n) is 12.0. The minimum Gasteiger partial charge on any atom is -0.446 e. The molecule has 0 spiro atoms. The van der Waals surface area contributed by atoms with E-state index in [0.29, 0.717) is 30.5 Å². The van der Waals surface area contributed by atoms with Gasteiger partial charge < -0.3 is 9.64 Å². The van der Waals surface area contributed by atoms with E-state index in [9.17, 15) is 35.9 Å². The lowest BCUT2D eigenvalue weighted by molar-refractivity contribution is -0.131. The second-order valence-electron chi connectivity index (χ2n) is 9.63. The van der Waals surface area contributed by atoms with Crippen molar-refractivity contribution in [1.29, 1.82) is 0 Å². The maximum atomic E-state index is 13.4. The monoisotopic (exact) mass is 554 g/mol. The fourth-order valence-corrected chi connectivity index (χ4v) is 5.05. The Morgan fingerprint density at radius 2 is 1.84 bits per heavy atom. The van der Waals surface area contributed by atoms with Crippen LogP contribution in [-0.4, -0.2) is 64.8 Å². The number of amides is 2. The molecule has 37 heavy (non-hydrogen) atoms. The Morgan fingerprint density at radius 1 is 1.16 bits per heavy atom. The van der Waals surface area contributed by atoms with E-state index in [1.807, 2.05) is 0 Å². The molecule has 5 nitrogen and oxygen atoms in total. The third kappa shape index (κ3) is 7.12. The largest absolute Gasteiger partial charge is 0.446 e. The average molecular weight is 555 g/mol. The molecule has 0 saturated carbocycles. The molecule has 3 aliphatic rings. The van der Waals surface area contributed by atoms with Crippen LogP contribution in [0.1, 0.15) is 46.5 Å². The van der Waals surface area contributed by atoms with Crippen LogP contribution < -0.4 is 0 Å². The number of fused-ring (bicyclic) bond motifs is 1. The van der Waals surface area contributed by atoms with Crippen molar-refractivity contribution in [2.75, 3.05) is 13.1 Å². The Kier molecular flexibility index (Phi) is 8.76. The van der Waals surface area contributed by atoms with Crippen molar-refractivity contribution in [3.63, 3.8) is 0 Å². The average Bonchev–Trinajstić information content (AvgIpc) is 2.94. The number of rotatable bonds is 4. The first kappa shape index (κ1) is 29.1. The first-order valence-corrected chi connectivity index (χ1v) is 12.4. The first-order chi connectivity index (χ1) is 17.1. The van der Waals surface area contributed by atoms with Crippen LogP contribution in [0.15, 0.2) is 46.7 Å². The molecule has 0 aromatic heterocycles. The highest BCUT2D eigenvalue weighted by molar-refractivity contribution is 6.22. The van der Waals surface area contributed by atoms with Crippen LogP contribution in [-0.2, 0) is 9.53 Å². The molecule has 3 rings (SSSR count). The molecule has 0 radical (unpaired) electrons. The maximum absolute atomic E-state index is 13.4. The van der Waals surface area contributed by atoms with E-state index in [2.05, 4.69) is 0 Å². The van der Waals surface area contributed by atoms with Crippen molar-refractivity contribution in [3.8, 4) is 0 Å². The Morgan fingerprint density at radius 3 is 2.41 bits per heavy atom. The van der Waals surface area contributed by atoms with Gasteiger partial charge in [-0.3, -0.25) is 9.69 Å². The van der Waals surface area contributed by atoms with E-state index in [0.717, 1.165) is 6.08 Å². The molecule has 0 bridgehead atoms. The summed E-state index contributed by atoms with van der Waals surface area (Å²) in [6.07, 6.45) is -6.08. The quantitative estimate of drug-likeness (QED) is 0.288. The Hall–Kier alpha value is -2.43. The molecule has 0 N–H and O–H groups in total. The van der Waals surface area contributed by atoms with Gasteiger partial charge in [-0.2, -0.15) is 26.3 Å². The number of hydrogen-bond acceptors (Lipinski definition) is 3. The summed E-state index contributed by atoms with van der Waals surface area (Å²) in [5, 5.41) is -0.437. The molecule has 0 aromatic rings. The van der Waals surface area contributed by atoms with Crippen molar-refractivity contribution in [1.82, 2.24) is 9.80 Å². The highest BCUT2D eigenvalue weighted by atomic mass is 35.5. The third-order valence-electron chi connectivity index (χ3n) is 6.39. The van der Waals surface area contributed by atoms with Gasteiger partial charge in [-0.05, 0) is 63.2 Å². The van der Waals surface area contributed by atoms with Crippen molar-refractivity contribution < 1.29 is 40.7 Å². The van der Waals surface area contributed by atoms with E-state index >= 15 is 0 Å². The van der Waals surface area contributed by atoms with Gasteiger partial charge in [0, 0.05) is 31.3 Å². The van der Waals surface area contributed by atoms with Crippen LogP contribution in [0, 0.1) is 5.92 Å². The van der Waals surface area contributed by atoms with E-state index in [4.69, 9.17) is 16.3 Å². The number of likely N-dealkylation sites (tertiary alicyclic amines) is 1. The van der Waals surface area contributed by atoms with Gasteiger partial charge in [0.25, 0.3) is 0 Å². The summed E-state index contributed by atoms with van der Waals surface area (Å²) < 4.78 is 85.9. The zero-order valence-corrected chi connectivity index (χ0v) is 21.4. The Bertz CT molecular complexity index is 1030. The van der Waals surface area contributed by atoms with Gasteiger partial charge in [0.1, 0.15) is 0 Å².